The van der Waals surface area contributed by atoms with Crippen molar-refractivity contribution in [3.8, 4) is 11.4 Å². The summed E-state index contributed by atoms with van der Waals surface area (Å²) in [6.45, 7) is 2.85. The molecule has 0 unspecified atom stereocenters. The quantitative estimate of drug-likeness (QED) is 0.845. The number of rotatable bonds is 2. The molecule has 0 atom stereocenters. The van der Waals surface area contributed by atoms with Crippen molar-refractivity contribution in [2.75, 3.05) is 13.1 Å². The lowest BCUT2D eigenvalue weighted by Gasteiger charge is -2.36. The van der Waals surface area contributed by atoms with Gasteiger partial charge in [0.15, 0.2) is 0 Å². The van der Waals surface area contributed by atoms with Gasteiger partial charge in [-0.1, -0.05) is 28.9 Å². The molecule has 3 rings (SSSR count). The van der Waals surface area contributed by atoms with Crippen LogP contribution in [-0.4, -0.2) is 34.0 Å². The van der Waals surface area contributed by atoms with E-state index in [0.717, 1.165) is 5.56 Å². The normalized spacial score (nSPS) is 15.4. The molecule has 6 heteroatoms. The van der Waals surface area contributed by atoms with Crippen LogP contribution in [0.5, 0.6) is 0 Å². The van der Waals surface area contributed by atoms with E-state index in [2.05, 4.69) is 10.1 Å². The first-order chi connectivity index (χ1) is 9.13. The van der Waals surface area contributed by atoms with Crippen LogP contribution >= 0.6 is 11.6 Å². The van der Waals surface area contributed by atoms with Gasteiger partial charge in [0.1, 0.15) is 0 Å². The Bertz CT molecular complexity index is 620. The largest absolute Gasteiger partial charge is 0.341 e. The van der Waals surface area contributed by atoms with E-state index in [1.807, 2.05) is 12.1 Å². The van der Waals surface area contributed by atoms with Crippen LogP contribution in [0.15, 0.2) is 28.8 Å². The second kappa shape index (κ2) is 4.66. The maximum atomic E-state index is 11.1. The van der Waals surface area contributed by atoms with Gasteiger partial charge in [-0.3, -0.25) is 4.79 Å². The Labute approximate surface area is 115 Å². The first kappa shape index (κ1) is 12.2. The Morgan fingerprint density at radius 3 is 2.95 bits per heavy atom. The van der Waals surface area contributed by atoms with Crippen LogP contribution in [-0.2, 0) is 4.79 Å². The molecule has 1 aliphatic heterocycles. The molecule has 2 aromatic rings. The molecule has 1 aromatic heterocycles. The van der Waals surface area contributed by atoms with E-state index in [-0.39, 0.29) is 11.8 Å². The van der Waals surface area contributed by atoms with Crippen molar-refractivity contribution < 1.29 is 9.32 Å². The van der Waals surface area contributed by atoms with Gasteiger partial charge >= 0.3 is 0 Å². The zero-order valence-electron chi connectivity index (χ0n) is 10.3. The van der Waals surface area contributed by atoms with E-state index in [1.54, 1.807) is 24.0 Å². The first-order valence-electron chi connectivity index (χ1n) is 5.98. The molecule has 0 radical (unpaired) electrons. The molecule has 1 amide bonds. The van der Waals surface area contributed by atoms with Crippen molar-refractivity contribution >= 4 is 17.5 Å². The standard InChI is InChI=1S/C13H12ClN3O2/c1-8(18)17-6-10(7-17)13-15-12(16-19-13)9-3-2-4-11(14)5-9/h2-5,10H,6-7H2,1H3. The average Bonchev–Trinajstić information content (AvgIpc) is 2.75. The van der Waals surface area contributed by atoms with Crippen LogP contribution in [0.3, 0.4) is 0 Å². The highest BCUT2D eigenvalue weighted by molar-refractivity contribution is 6.30. The monoisotopic (exact) mass is 277 g/mol. The Morgan fingerprint density at radius 1 is 1.47 bits per heavy atom. The van der Waals surface area contributed by atoms with E-state index in [9.17, 15) is 4.79 Å². The number of likely N-dealkylation sites (tertiary alicyclic amines) is 1. The zero-order chi connectivity index (χ0) is 13.4. The molecule has 1 aliphatic rings. The smallest absolute Gasteiger partial charge is 0.233 e. The molecule has 2 heterocycles. The van der Waals surface area contributed by atoms with Crippen molar-refractivity contribution in [3.63, 3.8) is 0 Å². The van der Waals surface area contributed by atoms with Gasteiger partial charge in [0, 0.05) is 30.6 Å². The van der Waals surface area contributed by atoms with Gasteiger partial charge in [-0.15, -0.1) is 0 Å². The summed E-state index contributed by atoms with van der Waals surface area (Å²) in [5.74, 6) is 1.32. The summed E-state index contributed by atoms with van der Waals surface area (Å²) in [6, 6.07) is 7.30. The minimum absolute atomic E-state index is 0.0748. The number of nitrogens with zero attached hydrogens (tertiary/aromatic N) is 3. The fraction of sp³-hybridized carbons (Fsp3) is 0.308. The summed E-state index contributed by atoms with van der Waals surface area (Å²) in [7, 11) is 0. The molecule has 5 nitrogen and oxygen atoms in total. The molecule has 0 saturated carbocycles. The number of carbonyl (C=O) groups is 1. The van der Waals surface area contributed by atoms with Crippen molar-refractivity contribution in [2.45, 2.75) is 12.8 Å². The minimum atomic E-state index is 0.0748. The van der Waals surface area contributed by atoms with E-state index in [1.165, 1.54) is 0 Å². The second-order valence-corrected chi connectivity index (χ2v) is 5.02. The van der Waals surface area contributed by atoms with Crippen LogP contribution in [0.1, 0.15) is 18.7 Å². The highest BCUT2D eigenvalue weighted by atomic mass is 35.5. The van der Waals surface area contributed by atoms with Gasteiger partial charge in [0.2, 0.25) is 17.6 Å². The van der Waals surface area contributed by atoms with Crippen LogP contribution in [0, 0.1) is 0 Å². The van der Waals surface area contributed by atoms with E-state index < -0.39 is 0 Å². The van der Waals surface area contributed by atoms with Gasteiger partial charge < -0.3 is 9.42 Å². The summed E-state index contributed by atoms with van der Waals surface area (Å²) in [5.41, 5.74) is 0.824. The summed E-state index contributed by atoms with van der Waals surface area (Å²) in [5, 5.41) is 4.59. The van der Waals surface area contributed by atoms with Crippen molar-refractivity contribution in [1.29, 1.82) is 0 Å². The molecule has 0 bridgehead atoms. The Balaban J connectivity index is 1.76. The van der Waals surface area contributed by atoms with E-state index in [0.29, 0.717) is 29.8 Å². The van der Waals surface area contributed by atoms with E-state index in [4.69, 9.17) is 16.1 Å². The number of carbonyl (C=O) groups excluding carboxylic acids is 1. The molecule has 1 saturated heterocycles. The van der Waals surface area contributed by atoms with E-state index >= 15 is 0 Å². The van der Waals surface area contributed by atoms with Gasteiger partial charge in [0.05, 0.1) is 5.92 Å². The highest BCUT2D eigenvalue weighted by Gasteiger charge is 2.34. The first-order valence-corrected chi connectivity index (χ1v) is 6.36. The third-order valence-corrected chi connectivity index (χ3v) is 3.44. The minimum Gasteiger partial charge on any atom is -0.341 e. The fourth-order valence-electron chi connectivity index (χ4n) is 2.04. The van der Waals surface area contributed by atoms with Gasteiger partial charge in [0.25, 0.3) is 0 Å². The van der Waals surface area contributed by atoms with Crippen LogP contribution in [0.25, 0.3) is 11.4 Å². The van der Waals surface area contributed by atoms with Crippen molar-refractivity contribution in [3.05, 3.63) is 35.2 Å². The Kier molecular flexibility index (Phi) is 2.98. The zero-order valence-corrected chi connectivity index (χ0v) is 11.1. The van der Waals surface area contributed by atoms with Crippen LogP contribution in [0.4, 0.5) is 0 Å². The van der Waals surface area contributed by atoms with Gasteiger partial charge in [-0.05, 0) is 12.1 Å². The lowest BCUT2D eigenvalue weighted by atomic mass is 10.0. The number of amides is 1. The number of hydrogen-bond acceptors (Lipinski definition) is 4. The maximum absolute atomic E-state index is 11.1. The SMILES string of the molecule is CC(=O)N1CC(c2nc(-c3cccc(Cl)c3)no2)C1. The molecule has 1 fully saturated rings. The van der Waals surface area contributed by atoms with Gasteiger partial charge in [-0.2, -0.15) is 4.98 Å². The Hall–Kier alpha value is -1.88. The van der Waals surface area contributed by atoms with Crippen molar-refractivity contribution in [1.82, 2.24) is 15.0 Å². The summed E-state index contributed by atoms with van der Waals surface area (Å²) in [6.07, 6.45) is 0. The molecular weight excluding hydrogens is 266 g/mol. The predicted molar refractivity (Wildman–Crippen MR) is 69.7 cm³/mol. The van der Waals surface area contributed by atoms with Crippen LogP contribution in [0.2, 0.25) is 5.02 Å². The molecule has 0 aliphatic carbocycles. The Morgan fingerprint density at radius 2 is 2.26 bits per heavy atom. The van der Waals surface area contributed by atoms with Crippen LogP contribution < -0.4 is 0 Å². The number of halogens is 1. The molecule has 0 spiro atoms. The topological polar surface area (TPSA) is 59.2 Å². The summed E-state index contributed by atoms with van der Waals surface area (Å²) < 4.78 is 5.25. The molecule has 0 N–H and O–H groups in total. The second-order valence-electron chi connectivity index (χ2n) is 4.59. The number of benzene rings is 1. The third kappa shape index (κ3) is 2.33. The number of hydrogen-bond donors (Lipinski definition) is 0. The summed E-state index contributed by atoms with van der Waals surface area (Å²) in [4.78, 5) is 17.2. The lowest BCUT2D eigenvalue weighted by molar-refractivity contribution is -0.133. The van der Waals surface area contributed by atoms with Crippen molar-refractivity contribution in [2.24, 2.45) is 0 Å². The fourth-order valence-corrected chi connectivity index (χ4v) is 2.23. The third-order valence-electron chi connectivity index (χ3n) is 3.20. The highest BCUT2D eigenvalue weighted by Crippen LogP contribution is 2.28. The summed E-state index contributed by atoms with van der Waals surface area (Å²) >= 11 is 5.93. The predicted octanol–water partition coefficient (Wildman–Crippen LogP) is 2.34. The number of aromatic nitrogens is 2. The molecule has 98 valence electrons. The van der Waals surface area contributed by atoms with Gasteiger partial charge in [-0.25, -0.2) is 0 Å². The average molecular weight is 278 g/mol. The lowest BCUT2D eigenvalue weighted by Crippen LogP contribution is -2.47. The maximum Gasteiger partial charge on any atom is 0.233 e. The molecule has 19 heavy (non-hydrogen) atoms. The molecule has 1 aromatic carbocycles. The molecular formula is C13H12ClN3O2.